The van der Waals surface area contributed by atoms with Crippen LogP contribution in [0.2, 0.25) is 0 Å². The van der Waals surface area contributed by atoms with Gasteiger partial charge in [0.2, 0.25) is 0 Å². The first kappa shape index (κ1) is 7.59. The molecule has 1 fully saturated rings. The molecule has 1 aliphatic carbocycles. The van der Waals surface area contributed by atoms with Crippen molar-refractivity contribution in [1.29, 1.82) is 0 Å². The number of nitrogens with two attached hydrogens (primary N) is 1. The minimum Gasteiger partial charge on any atom is -0.399 e. The van der Waals surface area contributed by atoms with Gasteiger partial charge in [-0.2, -0.15) is 0 Å². The molecule has 0 bridgehead atoms. The Morgan fingerprint density at radius 2 is 2.17 bits per heavy atom. The van der Waals surface area contributed by atoms with Gasteiger partial charge in [-0.05, 0) is 48.9 Å². The highest BCUT2D eigenvalue weighted by atomic mass is 19.1. The number of nitrogen functional groups attached to an aromatic ring is 1. The summed E-state index contributed by atoms with van der Waals surface area (Å²) in [5.41, 5.74) is 7.39. The van der Waals surface area contributed by atoms with Gasteiger partial charge in [-0.15, -0.1) is 0 Å². The number of rotatable bonds is 2. The fourth-order valence-corrected chi connectivity index (χ4v) is 1.38. The maximum absolute atomic E-state index is 12.8. The van der Waals surface area contributed by atoms with Crippen LogP contribution >= 0.6 is 0 Å². The van der Waals surface area contributed by atoms with Crippen LogP contribution in [0.15, 0.2) is 18.2 Å². The van der Waals surface area contributed by atoms with Gasteiger partial charge in [0.05, 0.1) is 0 Å². The van der Waals surface area contributed by atoms with Crippen LogP contribution in [-0.4, -0.2) is 0 Å². The van der Waals surface area contributed by atoms with E-state index in [1.165, 1.54) is 18.9 Å². The Morgan fingerprint density at radius 3 is 2.83 bits per heavy atom. The molecule has 2 rings (SSSR count). The van der Waals surface area contributed by atoms with Crippen LogP contribution in [0.5, 0.6) is 0 Å². The van der Waals surface area contributed by atoms with Crippen molar-refractivity contribution in [2.75, 3.05) is 5.73 Å². The minimum atomic E-state index is -0.181. The van der Waals surface area contributed by atoms with Gasteiger partial charge >= 0.3 is 0 Å². The summed E-state index contributed by atoms with van der Waals surface area (Å²) in [6.45, 7) is 0. The molecule has 0 amide bonds. The van der Waals surface area contributed by atoms with Gasteiger partial charge in [-0.3, -0.25) is 0 Å². The Bertz CT molecular complexity index is 292. The van der Waals surface area contributed by atoms with Crippen molar-refractivity contribution in [3.8, 4) is 0 Å². The normalized spacial score (nSPS) is 16.4. The number of halogens is 1. The van der Waals surface area contributed by atoms with Gasteiger partial charge in [-0.25, -0.2) is 4.39 Å². The van der Waals surface area contributed by atoms with Gasteiger partial charge in [0.1, 0.15) is 5.82 Å². The van der Waals surface area contributed by atoms with E-state index < -0.39 is 0 Å². The van der Waals surface area contributed by atoms with Crippen LogP contribution in [0.1, 0.15) is 18.4 Å². The van der Waals surface area contributed by atoms with E-state index in [1.54, 1.807) is 12.1 Å². The van der Waals surface area contributed by atoms with E-state index in [4.69, 9.17) is 5.73 Å². The highest BCUT2D eigenvalue weighted by Crippen LogP contribution is 2.34. The van der Waals surface area contributed by atoms with Crippen molar-refractivity contribution in [2.45, 2.75) is 19.3 Å². The Balaban J connectivity index is 2.21. The Kier molecular flexibility index (Phi) is 1.75. The highest BCUT2D eigenvalue weighted by molar-refractivity contribution is 5.47. The van der Waals surface area contributed by atoms with E-state index in [9.17, 15) is 4.39 Å². The van der Waals surface area contributed by atoms with Gasteiger partial charge in [-0.1, -0.05) is 0 Å². The van der Waals surface area contributed by atoms with Crippen LogP contribution in [0.3, 0.4) is 0 Å². The van der Waals surface area contributed by atoms with Crippen molar-refractivity contribution in [3.63, 3.8) is 0 Å². The van der Waals surface area contributed by atoms with Crippen molar-refractivity contribution >= 4 is 5.69 Å². The quantitative estimate of drug-likeness (QED) is 0.669. The standard InChI is InChI=1S/C10H12FN/c11-9-3-4-10(12)8(6-9)5-7-1-2-7/h3-4,6-7H,1-2,5,12H2. The maximum atomic E-state index is 12.8. The van der Waals surface area contributed by atoms with Crippen molar-refractivity contribution in [1.82, 2.24) is 0 Å². The van der Waals surface area contributed by atoms with Crippen LogP contribution in [0.25, 0.3) is 0 Å². The summed E-state index contributed by atoms with van der Waals surface area (Å²) in [4.78, 5) is 0. The Labute approximate surface area is 71.4 Å². The summed E-state index contributed by atoms with van der Waals surface area (Å²) >= 11 is 0. The second-order valence-electron chi connectivity index (χ2n) is 3.49. The van der Waals surface area contributed by atoms with Crippen molar-refractivity contribution in [2.24, 2.45) is 5.92 Å². The molecule has 0 aliphatic heterocycles. The second-order valence-corrected chi connectivity index (χ2v) is 3.49. The first-order valence-electron chi connectivity index (χ1n) is 4.29. The van der Waals surface area contributed by atoms with Gasteiger partial charge in [0.15, 0.2) is 0 Å². The number of hydrogen-bond donors (Lipinski definition) is 1. The smallest absolute Gasteiger partial charge is 0.123 e. The van der Waals surface area contributed by atoms with E-state index >= 15 is 0 Å². The molecular weight excluding hydrogens is 153 g/mol. The predicted molar refractivity (Wildman–Crippen MR) is 47.2 cm³/mol. The highest BCUT2D eigenvalue weighted by Gasteiger charge is 2.22. The Hall–Kier alpha value is -1.05. The van der Waals surface area contributed by atoms with E-state index in [1.807, 2.05) is 0 Å². The maximum Gasteiger partial charge on any atom is 0.123 e. The van der Waals surface area contributed by atoms with E-state index in [0.717, 1.165) is 23.6 Å². The predicted octanol–water partition coefficient (Wildman–Crippen LogP) is 2.36. The molecule has 0 heterocycles. The van der Waals surface area contributed by atoms with E-state index in [0.29, 0.717) is 0 Å². The lowest BCUT2D eigenvalue weighted by molar-refractivity contribution is 0.624. The summed E-state index contributed by atoms with van der Waals surface area (Å²) in [5.74, 6) is 0.578. The van der Waals surface area contributed by atoms with Crippen molar-refractivity contribution in [3.05, 3.63) is 29.6 Å². The zero-order chi connectivity index (χ0) is 8.55. The third kappa shape index (κ3) is 1.58. The fourth-order valence-electron chi connectivity index (χ4n) is 1.38. The van der Waals surface area contributed by atoms with Gasteiger partial charge in [0, 0.05) is 5.69 Å². The molecule has 1 aliphatic rings. The molecule has 0 spiro atoms. The summed E-state index contributed by atoms with van der Waals surface area (Å²) in [7, 11) is 0. The molecule has 1 aromatic carbocycles. The van der Waals surface area contributed by atoms with Crippen LogP contribution < -0.4 is 5.73 Å². The SMILES string of the molecule is Nc1ccc(F)cc1CC1CC1. The Morgan fingerprint density at radius 1 is 1.42 bits per heavy atom. The van der Waals surface area contributed by atoms with Gasteiger partial charge < -0.3 is 5.73 Å². The monoisotopic (exact) mass is 165 g/mol. The third-order valence-corrected chi connectivity index (χ3v) is 2.31. The molecule has 1 nitrogen and oxygen atoms in total. The molecule has 0 saturated heterocycles. The molecule has 64 valence electrons. The largest absolute Gasteiger partial charge is 0.399 e. The molecular formula is C10H12FN. The molecule has 1 saturated carbocycles. The first-order chi connectivity index (χ1) is 5.75. The van der Waals surface area contributed by atoms with Crippen LogP contribution in [0.4, 0.5) is 10.1 Å². The zero-order valence-electron chi connectivity index (χ0n) is 6.89. The average molecular weight is 165 g/mol. The van der Waals surface area contributed by atoms with Crippen molar-refractivity contribution < 1.29 is 4.39 Å². The second kappa shape index (κ2) is 2.77. The van der Waals surface area contributed by atoms with Gasteiger partial charge in [0.25, 0.3) is 0 Å². The summed E-state index contributed by atoms with van der Waals surface area (Å²) in [6, 6.07) is 4.60. The fraction of sp³-hybridized carbons (Fsp3) is 0.400. The molecule has 1 aromatic rings. The first-order valence-corrected chi connectivity index (χ1v) is 4.29. The zero-order valence-corrected chi connectivity index (χ0v) is 6.89. The summed E-state index contributed by atoms with van der Waals surface area (Å²) in [6.07, 6.45) is 3.50. The lowest BCUT2D eigenvalue weighted by Gasteiger charge is -2.03. The van der Waals surface area contributed by atoms with Crippen LogP contribution in [0, 0.1) is 11.7 Å². The molecule has 0 atom stereocenters. The number of anilines is 1. The molecule has 2 N–H and O–H groups in total. The summed E-state index contributed by atoms with van der Waals surface area (Å²) in [5, 5.41) is 0. The molecule has 0 aromatic heterocycles. The molecule has 12 heavy (non-hydrogen) atoms. The molecule has 2 heteroatoms. The topological polar surface area (TPSA) is 26.0 Å². The lowest BCUT2D eigenvalue weighted by Crippen LogP contribution is -1.96. The minimum absolute atomic E-state index is 0.181. The number of benzene rings is 1. The lowest BCUT2D eigenvalue weighted by atomic mass is 10.1. The molecule has 0 radical (unpaired) electrons. The average Bonchev–Trinajstić information content (AvgIpc) is 2.81. The third-order valence-electron chi connectivity index (χ3n) is 2.31. The number of hydrogen-bond acceptors (Lipinski definition) is 1. The van der Waals surface area contributed by atoms with E-state index in [-0.39, 0.29) is 5.82 Å². The summed E-state index contributed by atoms with van der Waals surface area (Å²) < 4.78 is 12.8. The molecule has 0 unspecified atom stereocenters. The van der Waals surface area contributed by atoms with E-state index in [2.05, 4.69) is 0 Å². The van der Waals surface area contributed by atoms with Crippen LogP contribution in [-0.2, 0) is 6.42 Å².